The van der Waals surface area contributed by atoms with Gasteiger partial charge in [-0.15, -0.1) is 0 Å². The van der Waals surface area contributed by atoms with Gasteiger partial charge in [-0.3, -0.25) is 4.79 Å². The minimum Gasteiger partial charge on any atom is -0.342 e. The number of nitriles is 1. The van der Waals surface area contributed by atoms with E-state index in [9.17, 15) is 4.79 Å². The Hall–Kier alpha value is -1.08. The summed E-state index contributed by atoms with van der Waals surface area (Å²) >= 11 is 0. The van der Waals surface area contributed by atoms with Gasteiger partial charge in [0.2, 0.25) is 5.91 Å². The monoisotopic (exact) mass is 225 g/mol. The van der Waals surface area contributed by atoms with Gasteiger partial charge in [-0.1, -0.05) is 33.1 Å². The van der Waals surface area contributed by atoms with Crippen molar-refractivity contribution in [3.8, 4) is 6.07 Å². The largest absolute Gasteiger partial charge is 0.342 e. The number of carbonyl (C=O) groups is 1. The van der Waals surface area contributed by atoms with Crippen LogP contribution in [0.3, 0.4) is 0 Å². The third kappa shape index (κ3) is 8.25. The summed E-state index contributed by atoms with van der Waals surface area (Å²) < 4.78 is 0. The lowest BCUT2D eigenvalue weighted by Crippen LogP contribution is -2.39. The van der Waals surface area contributed by atoms with Gasteiger partial charge in [0.1, 0.15) is 6.54 Å². The Morgan fingerprint density at radius 1 is 1.31 bits per heavy atom. The molecule has 0 bridgehead atoms. The zero-order valence-corrected chi connectivity index (χ0v) is 10.4. The molecule has 4 nitrogen and oxygen atoms in total. The lowest BCUT2D eigenvalue weighted by atomic mass is 10.1. The van der Waals surface area contributed by atoms with Crippen molar-refractivity contribution in [2.24, 2.45) is 0 Å². The maximum atomic E-state index is 11.3. The molecule has 0 saturated heterocycles. The second-order valence-corrected chi connectivity index (χ2v) is 3.94. The van der Waals surface area contributed by atoms with E-state index in [2.05, 4.69) is 24.5 Å². The number of amides is 1. The first-order valence-electron chi connectivity index (χ1n) is 6.11. The molecule has 0 aliphatic carbocycles. The average Bonchev–Trinajstić information content (AvgIpc) is 2.30. The quantitative estimate of drug-likeness (QED) is 0.585. The molecule has 1 atom stereocenters. The van der Waals surface area contributed by atoms with Crippen LogP contribution in [0.4, 0.5) is 0 Å². The van der Waals surface area contributed by atoms with Crippen LogP contribution in [0.5, 0.6) is 0 Å². The lowest BCUT2D eigenvalue weighted by molar-refractivity contribution is -0.120. The summed E-state index contributed by atoms with van der Waals surface area (Å²) in [6, 6.07) is 2.31. The normalized spacial score (nSPS) is 11.8. The third-order valence-corrected chi connectivity index (χ3v) is 2.46. The van der Waals surface area contributed by atoms with Crippen molar-refractivity contribution >= 4 is 5.91 Å². The number of rotatable bonds is 9. The van der Waals surface area contributed by atoms with Crippen molar-refractivity contribution in [2.45, 2.75) is 52.0 Å². The van der Waals surface area contributed by atoms with Crippen LogP contribution in [0.25, 0.3) is 0 Å². The molecular weight excluding hydrogens is 202 g/mol. The number of nitrogens with one attached hydrogen (secondary N) is 2. The maximum absolute atomic E-state index is 11.3. The van der Waals surface area contributed by atoms with Crippen molar-refractivity contribution in [3.05, 3.63) is 0 Å². The first-order valence-corrected chi connectivity index (χ1v) is 6.11. The summed E-state index contributed by atoms with van der Waals surface area (Å²) in [5.41, 5.74) is 0. The molecule has 4 heteroatoms. The van der Waals surface area contributed by atoms with E-state index >= 15 is 0 Å². The summed E-state index contributed by atoms with van der Waals surface area (Å²) in [6.07, 6.45) is 5.72. The van der Waals surface area contributed by atoms with Gasteiger partial charge in [0.15, 0.2) is 0 Å². The standard InChI is InChI=1S/C12H23N3O/c1-3-5-7-11(6-4-2)15-10-12(16)14-9-8-13/h11,15H,3-7,9-10H2,1-2H3,(H,14,16). The number of hydrogen-bond donors (Lipinski definition) is 2. The summed E-state index contributed by atoms with van der Waals surface area (Å²) in [5, 5.41) is 14.1. The molecule has 0 radical (unpaired) electrons. The van der Waals surface area contributed by atoms with E-state index in [0.717, 1.165) is 19.3 Å². The van der Waals surface area contributed by atoms with Gasteiger partial charge in [-0.05, 0) is 12.8 Å². The minimum absolute atomic E-state index is 0.0912. The molecule has 0 aliphatic rings. The van der Waals surface area contributed by atoms with E-state index in [4.69, 9.17) is 5.26 Å². The molecule has 0 rings (SSSR count). The Bertz CT molecular complexity index is 223. The van der Waals surface area contributed by atoms with Gasteiger partial charge in [0.05, 0.1) is 12.6 Å². The molecule has 0 aromatic rings. The highest BCUT2D eigenvalue weighted by Gasteiger charge is 2.08. The topological polar surface area (TPSA) is 64.9 Å². The highest BCUT2D eigenvalue weighted by atomic mass is 16.1. The second-order valence-electron chi connectivity index (χ2n) is 3.94. The average molecular weight is 225 g/mol. The molecule has 16 heavy (non-hydrogen) atoms. The zero-order valence-electron chi connectivity index (χ0n) is 10.4. The summed E-state index contributed by atoms with van der Waals surface area (Å²) in [4.78, 5) is 11.3. The van der Waals surface area contributed by atoms with Crippen molar-refractivity contribution in [2.75, 3.05) is 13.1 Å². The molecule has 0 aromatic heterocycles. The Morgan fingerprint density at radius 3 is 2.62 bits per heavy atom. The van der Waals surface area contributed by atoms with Crippen molar-refractivity contribution < 1.29 is 4.79 Å². The maximum Gasteiger partial charge on any atom is 0.234 e. The Kier molecular flexibility index (Phi) is 9.73. The smallest absolute Gasteiger partial charge is 0.234 e. The van der Waals surface area contributed by atoms with Crippen LogP contribution in [0.1, 0.15) is 46.0 Å². The predicted octanol–water partition coefficient (Wildman–Crippen LogP) is 1.57. The van der Waals surface area contributed by atoms with Crippen molar-refractivity contribution in [1.82, 2.24) is 10.6 Å². The third-order valence-electron chi connectivity index (χ3n) is 2.46. The van der Waals surface area contributed by atoms with E-state index in [0.29, 0.717) is 12.6 Å². The molecular formula is C12H23N3O. The van der Waals surface area contributed by atoms with Crippen LogP contribution in [0.2, 0.25) is 0 Å². The molecule has 2 N–H and O–H groups in total. The van der Waals surface area contributed by atoms with Gasteiger partial charge < -0.3 is 10.6 Å². The summed E-state index contributed by atoms with van der Waals surface area (Å²) in [7, 11) is 0. The highest BCUT2D eigenvalue weighted by Crippen LogP contribution is 2.06. The van der Waals surface area contributed by atoms with E-state index in [-0.39, 0.29) is 12.5 Å². The van der Waals surface area contributed by atoms with E-state index in [1.807, 2.05) is 6.07 Å². The number of carbonyl (C=O) groups excluding carboxylic acids is 1. The number of hydrogen-bond acceptors (Lipinski definition) is 3. The van der Waals surface area contributed by atoms with Gasteiger partial charge in [0.25, 0.3) is 0 Å². The second kappa shape index (κ2) is 10.4. The number of unbranched alkanes of at least 4 members (excludes halogenated alkanes) is 1. The first kappa shape index (κ1) is 14.9. The summed E-state index contributed by atoms with van der Waals surface area (Å²) in [6.45, 7) is 4.73. The van der Waals surface area contributed by atoms with Crippen LogP contribution >= 0.6 is 0 Å². The molecule has 0 heterocycles. The highest BCUT2D eigenvalue weighted by molar-refractivity contribution is 5.78. The fourth-order valence-electron chi connectivity index (χ4n) is 1.59. The predicted molar refractivity (Wildman–Crippen MR) is 64.8 cm³/mol. The lowest BCUT2D eigenvalue weighted by Gasteiger charge is -2.17. The van der Waals surface area contributed by atoms with Gasteiger partial charge in [-0.25, -0.2) is 0 Å². The fraction of sp³-hybridized carbons (Fsp3) is 0.833. The molecule has 0 aromatic carbocycles. The zero-order chi connectivity index (χ0) is 12.2. The molecule has 1 amide bonds. The van der Waals surface area contributed by atoms with Crippen molar-refractivity contribution in [1.29, 1.82) is 5.26 Å². The van der Waals surface area contributed by atoms with Gasteiger partial charge >= 0.3 is 0 Å². The number of nitrogens with zero attached hydrogens (tertiary/aromatic N) is 1. The Labute approximate surface area is 98.4 Å². The van der Waals surface area contributed by atoms with Gasteiger partial charge in [0, 0.05) is 6.04 Å². The Morgan fingerprint density at radius 2 is 2.06 bits per heavy atom. The van der Waals surface area contributed by atoms with Crippen LogP contribution < -0.4 is 10.6 Å². The van der Waals surface area contributed by atoms with E-state index in [1.54, 1.807) is 0 Å². The Balaban J connectivity index is 3.73. The van der Waals surface area contributed by atoms with Crippen LogP contribution in [0.15, 0.2) is 0 Å². The molecule has 0 aliphatic heterocycles. The molecule has 1 unspecified atom stereocenters. The van der Waals surface area contributed by atoms with E-state index in [1.165, 1.54) is 12.8 Å². The molecule has 92 valence electrons. The molecule has 0 saturated carbocycles. The fourth-order valence-corrected chi connectivity index (χ4v) is 1.59. The molecule has 0 spiro atoms. The van der Waals surface area contributed by atoms with Crippen LogP contribution in [-0.4, -0.2) is 25.0 Å². The summed E-state index contributed by atoms with van der Waals surface area (Å²) in [5.74, 6) is -0.0980. The minimum atomic E-state index is -0.0980. The van der Waals surface area contributed by atoms with E-state index < -0.39 is 0 Å². The van der Waals surface area contributed by atoms with Crippen molar-refractivity contribution in [3.63, 3.8) is 0 Å². The van der Waals surface area contributed by atoms with Crippen LogP contribution in [0, 0.1) is 11.3 Å². The molecule has 0 fully saturated rings. The van der Waals surface area contributed by atoms with Crippen LogP contribution in [-0.2, 0) is 4.79 Å². The van der Waals surface area contributed by atoms with Gasteiger partial charge in [-0.2, -0.15) is 5.26 Å². The SMILES string of the molecule is CCCCC(CCC)NCC(=O)NCC#N. The first-order chi connectivity index (χ1) is 7.74.